The lowest BCUT2D eigenvalue weighted by molar-refractivity contribution is -0.385. The molecule has 1 amide bonds. The van der Waals surface area contributed by atoms with Crippen molar-refractivity contribution in [3.05, 3.63) is 56.3 Å². The first-order valence-electron chi connectivity index (χ1n) is 9.33. The largest absolute Gasteiger partial charge is 0.356 e. The predicted molar refractivity (Wildman–Crippen MR) is 110 cm³/mol. The summed E-state index contributed by atoms with van der Waals surface area (Å²) < 4.78 is 27.2. The molecular weight excluding hydrogens is 414 g/mol. The van der Waals surface area contributed by atoms with Gasteiger partial charge in [0.2, 0.25) is 15.9 Å². The van der Waals surface area contributed by atoms with Gasteiger partial charge in [0.05, 0.1) is 9.82 Å². The van der Waals surface area contributed by atoms with Crippen LogP contribution in [-0.4, -0.2) is 43.2 Å². The number of carbonyl (C=O) groups is 1. The SMILES string of the molecule is Cc1ccc([N+](=O)[O-])cc1S(=O)(=O)N1CCC(C(=O)NCCc2ccsc2)CC1. The lowest BCUT2D eigenvalue weighted by atomic mass is 9.97. The number of hydrogen-bond donors (Lipinski definition) is 1. The first kappa shape index (κ1) is 21.4. The number of sulfonamides is 1. The second-order valence-corrected chi connectivity index (χ2v) is 9.74. The maximum Gasteiger partial charge on any atom is 0.270 e. The molecule has 0 spiro atoms. The molecule has 0 bridgehead atoms. The summed E-state index contributed by atoms with van der Waals surface area (Å²) in [6.45, 7) is 2.60. The summed E-state index contributed by atoms with van der Waals surface area (Å²) in [4.78, 5) is 22.7. The van der Waals surface area contributed by atoms with Crippen LogP contribution in [0.5, 0.6) is 0 Å². The van der Waals surface area contributed by atoms with Crippen LogP contribution in [0.15, 0.2) is 39.9 Å². The fourth-order valence-electron chi connectivity index (χ4n) is 3.39. The van der Waals surface area contributed by atoms with Crippen LogP contribution in [0.3, 0.4) is 0 Å². The van der Waals surface area contributed by atoms with Gasteiger partial charge in [-0.1, -0.05) is 6.07 Å². The fourth-order valence-corrected chi connectivity index (χ4v) is 5.80. The third kappa shape index (κ3) is 5.01. The monoisotopic (exact) mass is 437 g/mol. The van der Waals surface area contributed by atoms with E-state index < -0.39 is 14.9 Å². The van der Waals surface area contributed by atoms with Crippen molar-refractivity contribution in [3.8, 4) is 0 Å². The van der Waals surface area contributed by atoms with Gasteiger partial charge in [-0.2, -0.15) is 15.6 Å². The second-order valence-electron chi connectivity index (χ2n) is 7.06. The molecule has 156 valence electrons. The zero-order valence-electron chi connectivity index (χ0n) is 16.0. The van der Waals surface area contributed by atoms with E-state index in [1.54, 1.807) is 18.3 Å². The van der Waals surface area contributed by atoms with Crippen LogP contribution in [0.1, 0.15) is 24.0 Å². The smallest absolute Gasteiger partial charge is 0.270 e. The molecule has 1 aromatic heterocycles. The molecule has 10 heteroatoms. The highest BCUT2D eigenvalue weighted by atomic mass is 32.2. The first-order valence-corrected chi connectivity index (χ1v) is 11.7. The average Bonchev–Trinajstić information content (AvgIpc) is 3.21. The van der Waals surface area contributed by atoms with Gasteiger partial charge < -0.3 is 5.32 Å². The number of nitro groups is 1. The minimum absolute atomic E-state index is 0.0506. The Morgan fingerprint density at radius 1 is 1.31 bits per heavy atom. The Labute approximate surface area is 173 Å². The molecule has 1 saturated heterocycles. The van der Waals surface area contributed by atoms with Crippen molar-refractivity contribution in [2.24, 2.45) is 5.92 Å². The number of piperidine rings is 1. The van der Waals surface area contributed by atoms with Gasteiger partial charge in [-0.05, 0) is 54.1 Å². The van der Waals surface area contributed by atoms with E-state index in [1.807, 2.05) is 16.8 Å². The van der Waals surface area contributed by atoms with Crippen molar-refractivity contribution >= 4 is 33.0 Å². The Bertz CT molecular complexity index is 981. The Kier molecular flexibility index (Phi) is 6.66. The fraction of sp³-hybridized carbons (Fsp3) is 0.421. The molecule has 8 nitrogen and oxygen atoms in total. The Balaban J connectivity index is 1.59. The molecule has 1 N–H and O–H groups in total. The van der Waals surface area contributed by atoms with Crippen molar-refractivity contribution in [2.45, 2.75) is 31.1 Å². The number of thiophene rings is 1. The quantitative estimate of drug-likeness (QED) is 0.529. The average molecular weight is 438 g/mol. The molecule has 2 aromatic rings. The van der Waals surface area contributed by atoms with E-state index >= 15 is 0 Å². The van der Waals surface area contributed by atoms with Crippen molar-refractivity contribution < 1.29 is 18.1 Å². The number of non-ortho nitro benzene ring substituents is 1. The lowest BCUT2D eigenvalue weighted by Gasteiger charge is -2.30. The van der Waals surface area contributed by atoms with Gasteiger partial charge in [-0.3, -0.25) is 14.9 Å². The number of benzene rings is 1. The van der Waals surface area contributed by atoms with Crippen LogP contribution in [-0.2, 0) is 21.2 Å². The maximum absolute atomic E-state index is 13.0. The molecule has 0 unspecified atom stereocenters. The molecule has 0 saturated carbocycles. The number of nitrogens with zero attached hydrogens (tertiary/aromatic N) is 2. The normalized spacial score (nSPS) is 15.9. The van der Waals surface area contributed by atoms with E-state index in [1.165, 1.54) is 22.0 Å². The number of nitrogens with one attached hydrogen (secondary N) is 1. The van der Waals surface area contributed by atoms with Crippen LogP contribution in [0.2, 0.25) is 0 Å². The van der Waals surface area contributed by atoms with Crippen LogP contribution < -0.4 is 5.32 Å². The minimum Gasteiger partial charge on any atom is -0.356 e. The molecule has 29 heavy (non-hydrogen) atoms. The van der Waals surface area contributed by atoms with Crippen molar-refractivity contribution in [2.75, 3.05) is 19.6 Å². The summed E-state index contributed by atoms with van der Waals surface area (Å²) in [6.07, 6.45) is 1.63. The van der Waals surface area contributed by atoms with Crippen LogP contribution >= 0.6 is 11.3 Å². The molecule has 1 fully saturated rings. The molecular formula is C19H23N3O5S2. The summed E-state index contributed by atoms with van der Waals surface area (Å²) in [6, 6.07) is 5.86. The summed E-state index contributed by atoms with van der Waals surface area (Å²) >= 11 is 1.62. The summed E-state index contributed by atoms with van der Waals surface area (Å²) in [7, 11) is -3.85. The minimum atomic E-state index is -3.85. The molecule has 3 rings (SSSR count). The van der Waals surface area contributed by atoms with Crippen molar-refractivity contribution in [1.29, 1.82) is 0 Å². The summed E-state index contributed by atoms with van der Waals surface area (Å²) in [5, 5.41) is 18.0. The van der Waals surface area contributed by atoms with Gasteiger partial charge >= 0.3 is 0 Å². The number of hydrogen-bond acceptors (Lipinski definition) is 6. The second kappa shape index (κ2) is 9.02. The highest BCUT2D eigenvalue weighted by Crippen LogP contribution is 2.28. The molecule has 0 atom stereocenters. The highest BCUT2D eigenvalue weighted by Gasteiger charge is 2.33. The van der Waals surface area contributed by atoms with E-state index in [-0.39, 0.29) is 35.5 Å². The van der Waals surface area contributed by atoms with E-state index in [0.717, 1.165) is 12.5 Å². The Morgan fingerprint density at radius 2 is 2.03 bits per heavy atom. The van der Waals surface area contributed by atoms with Crippen molar-refractivity contribution in [1.82, 2.24) is 9.62 Å². The molecule has 1 aliphatic heterocycles. The van der Waals surface area contributed by atoms with E-state index in [2.05, 4.69) is 5.32 Å². The zero-order chi connectivity index (χ0) is 21.0. The number of nitro benzene ring substituents is 1. The number of aryl methyl sites for hydroxylation is 1. The lowest BCUT2D eigenvalue weighted by Crippen LogP contribution is -2.43. The Morgan fingerprint density at radius 3 is 2.66 bits per heavy atom. The molecule has 2 heterocycles. The number of carbonyl (C=O) groups excluding carboxylic acids is 1. The van der Waals surface area contributed by atoms with Gasteiger partial charge in [0.1, 0.15) is 0 Å². The summed E-state index contributed by atoms with van der Waals surface area (Å²) in [5.41, 5.74) is 1.39. The molecule has 1 aromatic carbocycles. The van der Waals surface area contributed by atoms with E-state index in [0.29, 0.717) is 24.9 Å². The first-order chi connectivity index (χ1) is 13.8. The van der Waals surface area contributed by atoms with Crippen LogP contribution in [0.25, 0.3) is 0 Å². The maximum atomic E-state index is 13.0. The van der Waals surface area contributed by atoms with Crippen molar-refractivity contribution in [3.63, 3.8) is 0 Å². The standard InChI is InChI=1S/C19H23N3O5S2/c1-14-2-3-17(22(24)25)12-18(14)29(26,27)21-9-5-16(6-10-21)19(23)20-8-4-15-7-11-28-13-15/h2-3,7,11-13,16H,4-6,8-10H2,1H3,(H,20,23). The molecule has 0 aliphatic carbocycles. The third-order valence-corrected chi connectivity index (χ3v) is 7.89. The number of amides is 1. The van der Waals surface area contributed by atoms with Crippen LogP contribution in [0, 0.1) is 23.0 Å². The topological polar surface area (TPSA) is 110 Å². The summed E-state index contributed by atoms with van der Waals surface area (Å²) in [5.74, 6) is -0.279. The number of rotatable bonds is 7. The van der Waals surface area contributed by atoms with E-state index in [4.69, 9.17) is 0 Å². The third-order valence-electron chi connectivity index (χ3n) is 5.12. The Hall–Kier alpha value is -2.30. The van der Waals surface area contributed by atoms with E-state index in [9.17, 15) is 23.3 Å². The van der Waals surface area contributed by atoms with Gasteiger partial charge in [-0.25, -0.2) is 8.42 Å². The van der Waals surface area contributed by atoms with Gasteiger partial charge in [0.25, 0.3) is 5.69 Å². The predicted octanol–water partition coefficient (Wildman–Crippen LogP) is 2.72. The van der Waals surface area contributed by atoms with Gasteiger partial charge in [-0.15, -0.1) is 0 Å². The molecule has 0 radical (unpaired) electrons. The highest BCUT2D eigenvalue weighted by molar-refractivity contribution is 7.89. The van der Waals surface area contributed by atoms with Gasteiger partial charge in [0, 0.05) is 37.7 Å². The van der Waals surface area contributed by atoms with Crippen LogP contribution in [0.4, 0.5) is 5.69 Å². The molecule has 1 aliphatic rings. The zero-order valence-corrected chi connectivity index (χ0v) is 17.7. The van der Waals surface area contributed by atoms with Gasteiger partial charge in [0.15, 0.2) is 0 Å².